The van der Waals surface area contributed by atoms with Gasteiger partial charge in [0.2, 0.25) is 5.56 Å². The molecule has 0 bridgehead atoms. The molecule has 0 saturated carbocycles. The minimum atomic E-state index is -0.0462. The highest BCUT2D eigenvalue weighted by atomic mass is 16.5. The minimum absolute atomic E-state index is 0.0462. The summed E-state index contributed by atoms with van der Waals surface area (Å²) in [6.45, 7) is 7.61. The first kappa shape index (κ1) is 13.3. The lowest BCUT2D eigenvalue weighted by molar-refractivity contribution is 0.0343. The normalized spacial score (nSPS) is 18.7. The van der Waals surface area contributed by atoms with Crippen LogP contribution in [0.5, 0.6) is 0 Å². The number of rotatable bonds is 5. The first-order chi connectivity index (χ1) is 8.74. The van der Waals surface area contributed by atoms with Gasteiger partial charge in [-0.25, -0.2) is 0 Å². The van der Waals surface area contributed by atoms with Crippen LogP contribution in [-0.2, 0) is 11.3 Å². The molecule has 5 nitrogen and oxygen atoms in total. The number of hydrogen-bond acceptors (Lipinski definition) is 4. The second-order valence-corrected chi connectivity index (χ2v) is 4.76. The smallest absolute Gasteiger partial charge is 0.248 e. The van der Waals surface area contributed by atoms with Crippen LogP contribution < -0.4 is 10.9 Å². The third-order valence-corrected chi connectivity index (χ3v) is 3.13. The van der Waals surface area contributed by atoms with Crippen molar-refractivity contribution in [3.63, 3.8) is 0 Å². The summed E-state index contributed by atoms with van der Waals surface area (Å²) >= 11 is 0. The Balaban J connectivity index is 1.74. The van der Waals surface area contributed by atoms with Crippen molar-refractivity contribution in [1.29, 1.82) is 0 Å². The maximum Gasteiger partial charge on any atom is 0.248 e. The summed E-state index contributed by atoms with van der Waals surface area (Å²) < 4.78 is 5.32. The van der Waals surface area contributed by atoms with Gasteiger partial charge in [0.1, 0.15) is 0 Å². The first-order valence-corrected chi connectivity index (χ1v) is 6.45. The highest BCUT2D eigenvalue weighted by molar-refractivity contribution is 5.09. The number of pyridine rings is 1. The van der Waals surface area contributed by atoms with Crippen LogP contribution in [0.3, 0.4) is 0 Å². The molecular formula is C13H21N3O2. The number of aromatic nitrogens is 1. The van der Waals surface area contributed by atoms with Crippen LogP contribution in [0.1, 0.15) is 12.5 Å². The van der Waals surface area contributed by atoms with Crippen molar-refractivity contribution in [1.82, 2.24) is 15.2 Å². The van der Waals surface area contributed by atoms with Crippen molar-refractivity contribution in [2.45, 2.75) is 19.5 Å². The van der Waals surface area contributed by atoms with E-state index in [4.69, 9.17) is 4.74 Å². The summed E-state index contributed by atoms with van der Waals surface area (Å²) in [6, 6.07) is 3.96. The van der Waals surface area contributed by atoms with Crippen molar-refractivity contribution in [2.75, 3.05) is 32.8 Å². The van der Waals surface area contributed by atoms with Crippen molar-refractivity contribution in [2.24, 2.45) is 0 Å². The zero-order chi connectivity index (χ0) is 12.8. The van der Waals surface area contributed by atoms with Gasteiger partial charge in [0.25, 0.3) is 0 Å². The van der Waals surface area contributed by atoms with Gasteiger partial charge in [-0.2, -0.15) is 0 Å². The molecule has 5 heteroatoms. The van der Waals surface area contributed by atoms with Crippen LogP contribution in [0, 0.1) is 0 Å². The SMILES string of the molecule is CC(CN1CCOCC1)NCc1cc[nH]c(=O)c1. The average molecular weight is 251 g/mol. The highest BCUT2D eigenvalue weighted by Gasteiger charge is 2.13. The number of nitrogens with one attached hydrogen (secondary N) is 2. The monoisotopic (exact) mass is 251 g/mol. The third-order valence-electron chi connectivity index (χ3n) is 3.13. The van der Waals surface area contributed by atoms with Crippen LogP contribution in [0.15, 0.2) is 23.1 Å². The van der Waals surface area contributed by atoms with E-state index in [0.717, 1.165) is 45.0 Å². The number of aromatic amines is 1. The number of nitrogens with zero attached hydrogens (tertiary/aromatic N) is 1. The van der Waals surface area contributed by atoms with Gasteiger partial charge < -0.3 is 15.0 Å². The van der Waals surface area contributed by atoms with E-state index in [1.165, 1.54) is 0 Å². The van der Waals surface area contributed by atoms with Crippen LogP contribution in [0.4, 0.5) is 0 Å². The molecule has 0 aromatic carbocycles. The largest absolute Gasteiger partial charge is 0.379 e. The summed E-state index contributed by atoms with van der Waals surface area (Å²) in [6.07, 6.45) is 1.69. The predicted octanol–water partition coefficient (Wildman–Crippen LogP) is 0.185. The second kappa shape index (κ2) is 6.68. The Morgan fingerprint density at radius 1 is 1.50 bits per heavy atom. The fourth-order valence-electron chi connectivity index (χ4n) is 2.13. The lowest BCUT2D eigenvalue weighted by Crippen LogP contribution is -2.44. The molecule has 2 rings (SSSR count). The molecule has 2 heterocycles. The topological polar surface area (TPSA) is 57.4 Å². The average Bonchev–Trinajstić information content (AvgIpc) is 2.38. The molecule has 1 atom stereocenters. The van der Waals surface area contributed by atoms with E-state index >= 15 is 0 Å². The van der Waals surface area contributed by atoms with E-state index in [0.29, 0.717) is 6.04 Å². The quantitative estimate of drug-likeness (QED) is 0.784. The van der Waals surface area contributed by atoms with E-state index in [1.807, 2.05) is 6.07 Å². The Bertz CT molecular complexity index is 413. The van der Waals surface area contributed by atoms with Crippen molar-refractivity contribution < 1.29 is 4.74 Å². The van der Waals surface area contributed by atoms with Crippen molar-refractivity contribution in [3.05, 3.63) is 34.2 Å². The molecule has 1 aliphatic heterocycles. The number of H-pyrrole nitrogens is 1. The van der Waals surface area contributed by atoms with Crippen LogP contribution in [0.2, 0.25) is 0 Å². The molecule has 0 aliphatic carbocycles. The summed E-state index contributed by atoms with van der Waals surface area (Å²) in [7, 11) is 0. The van der Waals surface area contributed by atoms with Gasteiger partial charge in [-0.05, 0) is 18.6 Å². The number of morpholine rings is 1. The van der Waals surface area contributed by atoms with E-state index in [2.05, 4.69) is 22.1 Å². The molecule has 1 aromatic rings. The van der Waals surface area contributed by atoms with Crippen LogP contribution >= 0.6 is 0 Å². The zero-order valence-corrected chi connectivity index (χ0v) is 10.8. The maximum atomic E-state index is 11.1. The molecule has 1 aliphatic rings. The number of ether oxygens (including phenoxy) is 1. The van der Waals surface area contributed by atoms with Crippen molar-refractivity contribution in [3.8, 4) is 0 Å². The van der Waals surface area contributed by atoms with Crippen LogP contribution in [-0.4, -0.2) is 48.8 Å². The molecule has 0 amide bonds. The van der Waals surface area contributed by atoms with E-state index in [1.54, 1.807) is 12.3 Å². The van der Waals surface area contributed by atoms with Gasteiger partial charge in [0.05, 0.1) is 13.2 Å². The predicted molar refractivity (Wildman–Crippen MR) is 70.6 cm³/mol. The van der Waals surface area contributed by atoms with Gasteiger partial charge in [-0.3, -0.25) is 9.69 Å². The molecule has 100 valence electrons. The molecule has 2 N–H and O–H groups in total. The Morgan fingerprint density at radius 3 is 3.00 bits per heavy atom. The van der Waals surface area contributed by atoms with E-state index in [-0.39, 0.29) is 5.56 Å². The fraction of sp³-hybridized carbons (Fsp3) is 0.615. The van der Waals surface area contributed by atoms with Gasteiger partial charge >= 0.3 is 0 Å². The standard InChI is InChI=1S/C13H21N3O2/c1-11(10-16-4-6-18-7-5-16)15-9-12-2-3-14-13(17)8-12/h2-3,8,11,15H,4-7,9-10H2,1H3,(H,14,17). The van der Waals surface area contributed by atoms with Crippen LogP contribution in [0.25, 0.3) is 0 Å². The summed E-state index contributed by atoms with van der Waals surface area (Å²) in [5.74, 6) is 0. The van der Waals surface area contributed by atoms with Gasteiger partial charge in [-0.1, -0.05) is 0 Å². The summed E-state index contributed by atoms with van der Waals surface area (Å²) in [5.41, 5.74) is 0.975. The molecule has 1 fully saturated rings. The molecule has 18 heavy (non-hydrogen) atoms. The maximum absolute atomic E-state index is 11.1. The Kier molecular flexibility index (Phi) is 4.92. The molecule has 0 spiro atoms. The Hall–Kier alpha value is -1.17. The first-order valence-electron chi connectivity index (χ1n) is 6.45. The molecular weight excluding hydrogens is 230 g/mol. The fourth-order valence-corrected chi connectivity index (χ4v) is 2.13. The van der Waals surface area contributed by atoms with E-state index in [9.17, 15) is 4.79 Å². The minimum Gasteiger partial charge on any atom is -0.379 e. The Labute approximate surface area is 107 Å². The molecule has 1 unspecified atom stereocenters. The third kappa shape index (κ3) is 4.25. The highest BCUT2D eigenvalue weighted by Crippen LogP contribution is 1.99. The lowest BCUT2D eigenvalue weighted by Gasteiger charge is -2.29. The van der Waals surface area contributed by atoms with E-state index < -0.39 is 0 Å². The molecule has 1 aromatic heterocycles. The lowest BCUT2D eigenvalue weighted by atomic mass is 10.2. The van der Waals surface area contributed by atoms with Gasteiger partial charge in [-0.15, -0.1) is 0 Å². The second-order valence-electron chi connectivity index (χ2n) is 4.76. The summed E-state index contributed by atoms with van der Waals surface area (Å²) in [4.78, 5) is 16.2. The Morgan fingerprint density at radius 2 is 2.28 bits per heavy atom. The van der Waals surface area contributed by atoms with Gasteiger partial charge in [0, 0.05) is 44.5 Å². The molecule has 1 saturated heterocycles. The summed E-state index contributed by atoms with van der Waals surface area (Å²) in [5, 5.41) is 3.44. The van der Waals surface area contributed by atoms with Gasteiger partial charge in [0.15, 0.2) is 0 Å². The van der Waals surface area contributed by atoms with Crippen molar-refractivity contribution >= 4 is 0 Å². The molecule has 0 radical (unpaired) electrons. The zero-order valence-electron chi connectivity index (χ0n) is 10.8. The number of hydrogen-bond donors (Lipinski definition) is 2.